The summed E-state index contributed by atoms with van der Waals surface area (Å²) in [5.74, 6) is 1.29. The van der Waals surface area contributed by atoms with Gasteiger partial charge in [0, 0.05) is 12.1 Å². The Balaban J connectivity index is 1.57. The number of aromatic nitrogens is 2. The highest BCUT2D eigenvalue weighted by Crippen LogP contribution is 2.14. The molecule has 168 valence electrons. The number of fused-ring (bicyclic) bond motifs is 1. The SMILES string of the molecule is COc1ccc(CNC(=O)c2ccc3c(c2)c(=O)n(Cc2ccc(OC)cc2)c[n+]3C)cc1. The van der Waals surface area contributed by atoms with Gasteiger partial charge in [-0.3, -0.25) is 4.79 Å². The molecule has 1 heterocycles. The van der Waals surface area contributed by atoms with E-state index in [0.29, 0.717) is 24.0 Å². The molecule has 0 aliphatic heterocycles. The molecule has 0 radical (unpaired) electrons. The summed E-state index contributed by atoms with van der Waals surface area (Å²) in [6.45, 7) is 0.797. The predicted molar refractivity (Wildman–Crippen MR) is 126 cm³/mol. The van der Waals surface area contributed by atoms with Gasteiger partial charge in [0.15, 0.2) is 0 Å². The van der Waals surface area contributed by atoms with E-state index in [1.807, 2.05) is 60.1 Å². The fourth-order valence-electron chi connectivity index (χ4n) is 3.70. The summed E-state index contributed by atoms with van der Waals surface area (Å²) in [7, 11) is 5.12. The van der Waals surface area contributed by atoms with Gasteiger partial charge in [0.1, 0.15) is 28.9 Å². The van der Waals surface area contributed by atoms with Crippen molar-refractivity contribution < 1.29 is 18.8 Å². The second-order valence-corrected chi connectivity index (χ2v) is 7.77. The molecule has 3 aromatic carbocycles. The van der Waals surface area contributed by atoms with Crippen molar-refractivity contribution in [2.75, 3.05) is 14.2 Å². The first kappa shape index (κ1) is 22.1. The molecule has 0 spiro atoms. The monoisotopic (exact) mass is 444 g/mol. The fraction of sp³-hybridized carbons (Fsp3) is 0.192. The largest absolute Gasteiger partial charge is 0.497 e. The lowest BCUT2D eigenvalue weighted by Crippen LogP contribution is -2.38. The maximum absolute atomic E-state index is 13.2. The molecule has 1 N–H and O–H groups in total. The van der Waals surface area contributed by atoms with Gasteiger partial charge < -0.3 is 14.8 Å². The van der Waals surface area contributed by atoms with E-state index in [1.165, 1.54) is 0 Å². The van der Waals surface area contributed by atoms with Crippen molar-refractivity contribution in [1.29, 1.82) is 0 Å². The van der Waals surface area contributed by atoms with E-state index < -0.39 is 0 Å². The average molecular weight is 445 g/mol. The third-order valence-electron chi connectivity index (χ3n) is 5.57. The van der Waals surface area contributed by atoms with Crippen LogP contribution in [-0.2, 0) is 20.1 Å². The molecule has 4 rings (SSSR count). The Morgan fingerprint density at radius 1 is 0.909 bits per heavy atom. The highest BCUT2D eigenvalue weighted by atomic mass is 16.5. The van der Waals surface area contributed by atoms with E-state index in [2.05, 4.69) is 5.32 Å². The highest BCUT2D eigenvalue weighted by molar-refractivity contribution is 5.97. The molecule has 0 aliphatic carbocycles. The van der Waals surface area contributed by atoms with Gasteiger partial charge >= 0.3 is 5.56 Å². The number of hydrogen-bond acceptors (Lipinski definition) is 4. The fourth-order valence-corrected chi connectivity index (χ4v) is 3.70. The summed E-state index contributed by atoms with van der Waals surface area (Å²) >= 11 is 0. The van der Waals surface area contributed by atoms with E-state index in [1.54, 1.807) is 43.3 Å². The number of benzene rings is 3. The molecule has 0 saturated carbocycles. The molecule has 33 heavy (non-hydrogen) atoms. The first-order valence-corrected chi connectivity index (χ1v) is 10.6. The topological polar surface area (TPSA) is 73.4 Å². The van der Waals surface area contributed by atoms with Crippen LogP contribution >= 0.6 is 0 Å². The van der Waals surface area contributed by atoms with Crippen molar-refractivity contribution in [3.63, 3.8) is 0 Å². The third-order valence-corrected chi connectivity index (χ3v) is 5.57. The highest BCUT2D eigenvalue weighted by Gasteiger charge is 2.16. The van der Waals surface area contributed by atoms with Crippen molar-refractivity contribution >= 4 is 16.8 Å². The van der Waals surface area contributed by atoms with Crippen LogP contribution in [-0.4, -0.2) is 24.7 Å². The molecule has 0 bridgehead atoms. The lowest BCUT2D eigenvalue weighted by molar-refractivity contribution is -0.649. The van der Waals surface area contributed by atoms with Crippen LogP contribution < -0.4 is 24.9 Å². The molecule has 0 fully saturated rings. The number of nitrogens with one attached hydrogen (secondary N) is 1. The summed E-state index contributed by atoms with van der Waals surface area (Å²) in [6.07, 6.45) is 1.78. The van der Waals surface area contributed by atoms with Gasteiger partial charge in [0.25, 0.3) is 5.91 Å². The normalized spacial score (nSPS) is 10.8. The number of nitrogens with zero attached hydrogens (tertiary/aromatic N) is 2. The zero-order chi connectivity index (χ0) is 23.4. The third kappa shape index (κ3) is 4.87. The van der Waals surface area contributed by atoms with Crippen LogP contribution in [0.3, 0.4) is 0 Å². The Morgan fingerprint density at radius 2 is 1.52 bits per heavy atom. The lowest BCUT2D eigenvalue weighted by Gasteiger charge is -2.08. The Kier molecular flexibility index (Phi) is 6.40. The van der Waals surface area contributed by atoms with Crippen LogP contribution in [0.4, 0.5) is 0 Å². The number of hydrogen-bond donors (Lipinski definition) is 1. The van der Waals surface area contributed by atoms with Gasteiger partial charge in [-0.25, -0.2) is 9.36 Å². The summed E-state index contributed by atoms with van der Waals surface area (Å²) in [5, 5.41) is 3.40. The van der Waals surface area contributed by atoms with Crippen LogP contribution in [0.25, 0.3) is 10.9 Å². The standard InChI is InChI=1S/C26H25N3O4/c1-28-17-29(16-19-6-11-22(33-3)12-7-19)26(31)23-14-20(8-13-24(23)28)25(30)27-15-18-4-9-21(32-2)10-5-18/h4-14,17H,15-16H2,1-3H3/p+1. The number of methoxy groups -OCH3 is 2. The second-order valence-electron chi connectivity index (χ2n) is 7.77. The van der Waals surface area contributed by atoms with Crippen LogP contribution in [0.5, 0.6) is 11.5 Å². The summed E-state index contributed by atoms with van der Waals surface area (Å²) in [5.41, 5.74) is 2.99. The molecule has 1 amide bonds. The van der Waals surface area contributed by atoms with Crippen LogP contribution in [0.1, 0.15) is 21.5 Å². The summed E-state index contributed by atoms with van der Waals surface area (Å²) < 4.78 is 13.9. The molecule has 0 aliphatic rings. The van der Waals surface area contributed by atoms with Gasteiger partial charge in [0.2, 0.25) is 6.33 Å². The summed E-state index contributed by atoms with van der Waals surface area (Å²) in [6, 6.07) is 20.3. The van der Waals surface area contributed by atoms with Crippen molar-refractivity contribution in [2.24, 2.45) is 7.05 Å². The minimum Gasteiger partial charge on any atom is -0.497 e. The molecule has 7 heteroatoms. The maximum atomic E-state index is 13.2. The van der Waals surface area contributed by atoms with E-state index in [4.69, 9.17) is 9.47 Å². The van der Waals surface area contributed by atoms with E-state index in [0.717, 1.165) is 28.1 Å². The van der Waals surface area contributed by atoms with Gasteiger partial charge in [-0.05, 0) is 53.6 Å². The molecular formula is C26H26N3O4+. The quantitative estimate of drug-likeness (QED) is 0.445. The van der Waals surface area contributed by atoms with Crippen LogP contribution in [0.15, 0.2) is 77.9 Å². The van der Waals surface area contributed by atoms with Crippen LogP contribution in [0, 0.1) is 0 Å². The van der Waals surface area contributed by atoms with E-state index in [9.17, 15) is 9.59 Å². The number of ether oxygens (including phenoxy) is 2. The number of rotatable bonds is 7. The smallest absolute Gasteiger partial charge is 0.345 e. The Morgan fingerprint density at radius 3 is 2.12 bits per heavy atom. The first-order valence-electron chi connectivity index (χ1n) is 10.6. The van der Waals surface area contributed by atoms with Crippen molar-refractivity contribution in [3.8, 4) is 11.5 Å². The number of carbonyl (C=O) groups is 1. The Hall–Kier alpha value is -4.13. The molecule has 7 nitrogen and oxygen atoms in total. The number of carbonyl (C=O) groups excluding carboxylic acids is 1. The van der Waals surface area contributed by atoms with E-state index >= 15 is 0 Å². The number of amides is 1. The molecule has 0 unspecified atom stereocenters. The zero-order valence-corrected chi connectivity index (χ0v) is 18.9. The zero-order valence-electron chi connectivity index (χ0n) is 18.9. The van der Waals surface area contributed by atoms with E-state index in [-0.39, 0.29) is 11.5 Å². The second kappa shape index (κ2) is 9.56. The minimum absolute atomic E-state index is 0.149. The Bertz CT molecular complexity index is 1340. The Labute approximate surface area is 191 Å². The minimum atomic E-state index is -0.236. The molecular weight excluding hydrogens is 418 g/mol. The van der Waals surface area contributed by atoms with Crippen LogP contribution in [0.2, 0.25) is 0 Å². The predicted octanol–water partition coefficient (Wildman–Crippen LogP) is 2.82. The molecule has 0 atom stereocenters. The van der Waals surface area contributed by atoms with Crippen molar-refractivity contribution in [1.82, 2.24) is 9.88 Å². The molecule has 1 aromatic heterocycles. The summed E-state index contributed by atoms with van der Waals surface area (Å²) in [4.78, 5) is 26.0. The first-order chi connectivity index (χ1) is 16.0. The van der Waals surface area contributed by atoms with Crippen molar-refractivity contribution in [2.45, 2.75) is 13.1 Å². The molecule has 0 saturated heterocycles. The lowest BCUT2D eigenvalue weighted by atomic mass is 10.1. The molecule has 4 aromatic rings. The van der Waals surface area contributed by atoms with Gasteiger partial charge in [-0.1, -0.05) is 24.3 Å². The van der Waals surface area contributed by atoms with Gasteiger partial charge in [-0.2, -0.15) is 4.57 Å². The van der Waals surface area contributed by atoms with Gasteiger partial charge in [0.05, 0.1) is 21.3 Å². The maximum Gasteiger partial charge on any atom is 0.345 e. The van der Waals surface area contributed by atoms with Gasteiger partial charge in [-0.15, -0.1) is 0 Å². The number of aryl methyl sites for hydroxylation is 1. The van der Waals surface area contributed by atoms with Crippen molar-refractivity contribution in [3.05, 3.63) is 100 Å². The average Bonchev–Trinajstić information content (AvgIpc) is 2.86.